The van der Waals surface area contributed by atoms with E-state index < -0.39 is 30.9 Å². The number of carbonyl (C=O) groups excluding carboxylic acids is 1. The van der Waals surface area contributed by atoms with Gasteiger partial charge in [0.15, 0.2) is 5.78 Å². The maximum Gasteiger partial charge on any atom is 0.389 e. The maximum atomic E-state index is 12.0. The molecule has 1 atom stereocenters. The average molecular weight is 246 g/mol. The van der Waals surface area contributed by atoms with Crippen molar-refractivity contribution in [2.45, 2.75) is 25.1 Å². The predicted octanol–water partition coefficient (Wildman–Crippen LogP) is 3.29. The molecule has 0 N–H and O–H groups in total. The van der Waals surface area contributed by atoms with E-state index in [9.17, 15) is 18.0 Å². The van der Waals surface area contributed by atoms with E-state index >= 15 is 0 Å². The van der Waals surface area contributed by atoms with Gasteiger partial charge in [0, 0.05) is 13.5 Å². The Labute approximate surface area is 97.4 Å². The van der Waals surface area contributed by atoms with Crippen LogP contribution in [0.25, 0.3) is 0 Å². The number of Topliss-reactive ketones (excluding diaryl/α,β-unsaturated/α-hetero) is 1. The Bertz CT molecular complexity index is 360. The van der Waals surface area contributed by atoms with Gasteiger partial charge in [-0.05, 0) is 5.56 Å². The number of hydrogen-bond acceptors (Lipinski definition) is 2. The topological polar surface area (TPSA) is 26.3 Å². The second-order valence-electron chi connectivity index (χ2n) is 3.61. The van der Waals surface area contributed by atoms with Gasteiger partial charge in [0.25, 0.3) is 0 Å². The SMILES string of the molecule is COC(C(=O)CCC(F)(F)F)c1ccccc1. The Hall–Kier alpha value is -1.36. The average Bonchev–Trinajstić information content (AvgIpc) is 2.28. The molecule has 1 aromatic rings. The van der Waals surface area contributed by atoms with E-state index in [1.165, 1.54) is 7.11 Å². The molecule has 1 unspecified atom stereocenters. The Balaban J connectivity index is 2.66. The second kappa shape index (κ2) is 5.82. The zero-order chi connectivity index (χ0) is 12.9. The Morgan fingerprint density at radius 3 is 2.35 bits per heavy atom. The Morgan fingerprint density at radius 1 is 1.29 bits per heavy atom. The van der Waals surface area contributed by atoms with Crippen LogP contribution in [0.1, 0.15) is 24.5 Å². The largest absolute Gasteiger partial charge is 0.389 e. The molecule has 94 valence electrons. The third-order valence-electron chi connectivity index (χ3n) is 2.29. The third kappa shape index (κ3) is 4.56. The van der Waals surface area contributed by atoms with E-state index in [-0.39, 0.29) is 0 Å². The molecule has 0 saturated carbocycles. The van der Waals surface area contributed by atoms with Gasteiger partial charge >= 0.3 is 6.18 Å². The molecule has 5 heteroatoms. The van der Waals surface area contributed by atoms with Gasteiger partial charge < -0.3 is 4.74 Å². The van der Waals surface area contributed by atoms with Crippen molar-refractivity contribution in [3.8, 4) is 0 Å². The van der Waals surface area contributed by atoms with E-state index in [1.807, 2.05) is 0 Å². The van der Waals surface area contributed by atoms with E-state index in [2.05, 4.69) is 0 Å². The van der Waals surface area contributed by atoms with Crippen molar-refractivity contribution in [3.05, 3.63) is 35.9 Å². The van der Waals surface area contributed by atoms with Crippen LogP contribution >= 0.6 is 0 Å². The normalized spacial score (nSPS) is 13.4. The minimum atomic E-state index is -4.31. The molecule has 0 aromatic heterocycles. The monoisotopic (exact) mass is 246 g/mol. The number of halogens is 3. The quantitative estimate of drug-likeness (QED) is 0.796. The first-order valence-corrected chi connectivity index (χ1v) is 5.11. The molecule has 0 spiro atoms. The fourth-order valence-corrected chi connectivity index (χ4v) is 1.48. The van der Waals surface area contributed by atoms with Gasteiger partial charge in [-0.15, -0.1) is 0 Å². The summed E-state index contributed by atoms with van der Waals surface area (Å²) in [5.74, 6) is -0.559. The van der Waals surface area contributed by atoms with Crippen LogP contribution < -0.4 is 0 Å². The molecule has 0 aliphatic heterocycles. The third-order valence-corrected chi connectivity index (χ3v) is 2.29. The summed E-state index contributed by atoms with van der Waals surface area (Å²) in [6, 6.07) is 8.48. The molecular weight excluding hydrogens is 233 g/mol. The summed E-state index contributed by atoms with van der Waals surface area (Å²) >= 11 is 0. The van der Waals surface area contributed by atoms with Crippen LogP contribution in [-0.4, -0.2) is 19.1 Å². The highest BCUT2D eigenvalue weighted by Gasteiger charge is 2.30. The molecule has 0 saturated heterocycles. The number of methoxy groups -OCH3 is 1. The summed E-state index contributed by atoms with van der Waals surface area (Å²) in [7, 11) is 1.31. The van der Waals surface area contributed by atoms with E-state index in [1.54, 1.807) is 30.3 Å². The molecule has 0 aliphatic rings. The minimum absolute atomic E-state index is 0.559. The smallest absolute Gasteiger partial charge is 0.369 e. The van der Waals surface area contributed by atoms with Gasteiger partial charge in [-0.25, -0.2) is 0 Å². The molecule has 1 aromatic carbocycles. The van der Waals surface area contributed by atoms with Crippen molar-refractivity contribution >= 4 is 5.78 Å². The van der Waals surface area contributed by atoms with Gasteiger partial charge in [-0.3, -0.25) is 4.79 Å². The summed E-state index contributed by atoms with van der Waals surface area (Å²) in [6.45, 7) is 0. The van der Waals surface area contributed by atoms with Crippen LogP contribution in [0.4, 0.5) is 13.2 Å². The summed E-state index contributed by atoms with van der Waals surface area (Å²) in [4.78, 5) is 11.6. The lowest BCUT2D eigenvalue weighted by atomic mass is 10.0. The molecular formula is C12H13F3O2. The maximum absolute atomic E-state index is 12.0. The van der Waals surface area contributed by atoms with Crippen molar-refractivity contribution in [1.82, 2.24) is 0 Å². The van der Waals surface area contributed by atoms with Crippen molar-refractivity contribution in [3.63, 3.8) is 0 Å². The van der Waals surface area contributed by atoms with Crippen molar-refractivity contribution < 1.29 is 22.7 Å². The molecule has 2 nitrogen and oxygen atoms in total. The zero-order valence-corrected chi connectivity index (χ0v) is 9.33. The first-order chi connectivity index (χ1) is 7.94. The Morgan fingerprint density at radius 2 is 1.88 bits per heavy atom. The van der Waals surface area contributed by atoms with Gasteiger partial charge in [0.05, 0.1) is 6.42 Å². The molecule has 0 bridgehead atoms. The predicted molar refractivity (Wildman–Crippen MR) is 56.5 cm³/mol. The molecule has 0 fully saturated rings. The molecule has 0 heterocycles. The van der Waals surface area contributed by atoms with Gasteiger partial charge in [-0.2, -0.15) is 13.2 Å². The molecule has 1 rings (SSSR count). The van der Waals surface area contributed by atoms with E-state index in [4.69, 9.17) is 4.74 Å². The zero-order valence-electron chi connectivity index (χ0n) is 9.33. The molecule has 0 aliphatic carbocycles. The van der Waals surface area contributed by atoms with Crippen LogP contribution in [0, 0.1) is 0 Å². The van der Waals surface area contributed by atoms with Crippen molar-refractivity contribution in [1.29, 1.82) is 0 Å². The minimum Gasteiger partial charge on any atom is -0.369 e. The van der Waals surface area contributed by atoms with Crippen molar-refractivity contribution in [2.75, 3.05) is 7.11 Å². The highest BCUT2D eigenvalue weighted by molar-refractivity contribution is 5.84. The first-order valence-electron chi connectivity index (χ1n) is 5.11. The number of ether oxygens (including phenoxy) is 1. The van der Waals surface area contributed by atoms with Gasteiger partial charge in [-0.1, -0.05) is 30.3 Å². The molecule has 0 radical (unpaired) electrons. The summed E-state index contributed by atoms with van der Waals surface area (Å²) < 4.78 is 40.9. The fraction of sp³-hybridized carbons (Fsp3) is 0.417. The molecule has 17 heavy (non-hydrogen) atoms. The lowest BCUT2D eigenvalue weighted by Crippen LogP contribution is -2.18. The Kier molecular flexibility index (Phi) is 4.69. The summed E-state index contributed by atoms with van der Waals surface area (Å²) in [5.41, 5.74) is 0.571. The molecule has 0 amide bonds. The summed E-state index contributed by atoms with van der Waals surface area (Å²) in [5, 5.41) is 0. The fourth-order valence-electron chi connectivity index (χ4n) is 1.48. The van der Waals surface area contributed by atoms with Crippen LogP contribution in [0.15, 0.2) is 30.3 Å². The standard InChI is InChI=1S/C12H13F3O2/c1-17-11(9-5-3-2-4-6-9)10(16)7-8-12(13,14)15/h2-6,11H,7-8H2,1H3. The highest BCUT2D eigenvalue weighted by Crippen LogP contribution is 2.25. The van der Waals surface area contributed by atoms with E-state index in [0.717, 1.165) is 0 Å². The van der Waals surface area contributed by atoms with Crippen LogP contribution in [0.5, 0.6) is 0 Å². The number of benzene rings is 1. The number of alkyl halides is 3. The number of carbonyl (C=O) groups is 1. The van der Waals surface area contributed by atoms with Crippen LogP contribution in [-0.2, 0) is 9.53 Å². The van der Waals surface area contributed by atoms with Gasteiger partial charge in [0.1, 0.15) is 6.10 Å². The summed E-state index contributed by atoms with van der Waals surface area (Å²) in [6.07, 6.45) is -6.90. The first kappa shape index (κ1) is 13.7. The second-order valence-corrected chi connectivity index (χ2v) is 3.61. The van der Waals surface area contributed by atoms with Crippen molar-refractivity contribution in [2.24, 2.45) is 0 Å². The highest BCUT2D eigenvalue weighted by atomic mass is 19.4. The lowest BCUT2D eigenvalue weighted by Gasteiger charge is -2.15. The van der Waals surface area contributed by atoms with E-state index in [0.29, 0.717) is 5.56 Å². The van der Waals surface area contributed by atoms with Gasteiger partial charge in [0.2, 0.25) is 0 Å². The van der Waals surface area contributed by atoms with Crippen LogP contribution in [0.3, 0.4) is 0 Å². The number of rotatable bonds is 5. The lowest BCUT2D eigenvalue weighted by molar-refractivity contribution is -0.147. The van der Waals surface area contributed by atoms with Crippen LogP contribution in [0.2, 0.25) is 0 Å². The number of hydrogen-bond donors (Lipinski definition) is 0. The number of ketones is 1.